The van der Waals surface area contributed by atoms with E-state index in [0.717, 1.165) is 5.56 Å². The van der Waals surface area contributed by atoms with E-state index in [2.05, 4.69) is 10.6 Å². The van der Waals surface area contributed by atoms with Gasteiger partial charge in [-0.1, -0.05) is 17.7 Å². The average molecular weight is 335 g/mol. The summed E-state index contributed by atoms with van der Waals surface area (Å²) in [6.07, 6.45) is 0. The molecule has 0 spiro atoms. The van der Waals surface area contributed by atoms with E-state index in [0.29, 0.717) is 10.6 Å². The van der Waals surface area contributed by atoms with Crippen molar-refractivity contribution in [3.63, 3.8) is 0 Å². The van der Waals surface area contributed by atoms with Gasteiger partial charge in [-0.3, -0.25) is 9.59 Å². The number of carbonyl (C=O) groups excluding carboxylic acids is 2. The summed E-state index contributed by atoms with van der Waals surface area (Å²) in [5, 5.41) is 5.54. The van der Waals surface area contributed by atoms with Crippen LogP contribution in [0.25, 0.3) is 0 Å². The number of aryl methyl sites for hydroxylation is 1. The van der Waals surface area contributed by atoms with Gasteiger partial charge in [0, 0.05) is 10.6 Å². The predicted molar refractivity (Wildman–Crippen MR) is 88.1 cm³/mol. The molecule has 0 saturated heterocycles. The molecule has 0 bridgehead atoms. The number of carbonyl (C=O) groups is 2. The second-order valence-corrected chi connectivity index (χ2v) is 5.61. The molecule has 2 aromatic carbocycles. The number of nitrogens with one attached hydrogen (secondary N) is 2. The van der Waals surface area contributed by atoms with Gasteiger partial charge in [0.15, 0.2) is 0 Å². The standard InChI is InChI=1S/C17H16ClFN2O2/c1-10-3-8-14(19)15(9-10)21-16(22)11(2)20-17(23)12-4-6-13(18)7-5-12/h3-9,11H,1-2H3,(H,20,23)(H,21,22). The van der Waals surface area contributed by atoms with Crippen molar-refractivity contribution in [2.45, 2.75) is 19.9 Å². The van der Waals surface area contributed by atoms with Gasteiger partial charge in [0.2, 0.25) is 5.91 Å². The zero-order valence-electron chi connectivity index (χ0n) is 12.7. The quantitative estimate of drug-likeness (QED) is 0.898. The summed E-state index contributed by atoms with van der Waals surface area (Å²) in [5.74, 6) is -1.44. The van der Waals surface area contributed by atoms with Crippen LogP contribution in [-0.4, -0.2) is 17.9 Å². The summed E-state index contributed by atoms with van der Waals surface area (Å²) in [7, 11) is 0. The number of amides is 2. The van der Waals surface area contributed by atoms with E-state index in [9.17, 15) is 14.0 Å². The number of hydrogen-bond donors (Lipinski definition) is 2. The summed E-state index contributed by atoms with van der Waals surface area (Å²) in [6, 6.07) is 9.88. The Balaban J connectivity index is 2.01. The molecular formula is C17H16ClFN2O2. The van der Waals surface area contributed by atoms with Crippen LogP contribution < -0.4 is 10.6 Å². The highest BCUT2D eigenvalue weighted by Crippen LogP contribution is 2.16. The first kappa shape index (κ1) is 17.0. The molecule has 1 atom stereocenters. The van der Waals surface area contributed by atoms with E-state index in [-0.39, 0.29) is 5.69 Å². The zero-order chi connectivity index (χ0) is 17.0. The van der Waals surface area contributed by atoms with Crippen LogP contribution >= 0.6 is 11.6 Å². The fourth-order valence-corrected chi connectivity index (χ4v) is 2.05. The summed E-state index contributed by atoms with van der Waals surface area (Å²) in [5.41, 5.74) is 1.29. The zero-order valence-corrected chi connectivity index (χ0v) is 13.4. The maximum atomic E-state index is 13.6. The molecule has 2 N–H and O–H groups in total. The van der Waals surface area contributed by atoms with Crippen LogP contribution in [0.2, 0.25) is 5.02 Å². The lowest BCUT2D eigenvalue weighted by atomic mass is 10.2. The van der Waals surface area contributed by atoms with Crippen molar-refractivity contribution < 1.29 is 14.0 Å². The predicted octanol–water partition coefficient (Wildman–Crippen LogP) is 3.54. The Morgan fingerprint density at radius 3 is 2.43 bits per heavy atom. The van der Waals surface area contributed by atoms with Gasteiger partial charge in [0.25, 0.3) is 5.91 Å². The summed E-state index contributed by atoms with van der Waals surface area (Å²) in [6.45, 7) is 3.32. The smallest absolute Gasteiger partial charge is 0.251 e. The highest BCUT2D eigenvalue weighted by molar-refractivity contribution is 6.30. The summed E-state index contributed by atoms with van der Waals surface area (Å²) in [4.78, 5) is 24.1. The van der Waals surface area contributed by atoms with Crippen LogP contribution in [0.4, 0.5) is 10.1 Å². The van der Waals surface area contributed by atoms with Gasteiger partial charge in [0.05, 0.1) is 5.69 Å². The van der Waals surface area contributed by atoms with Crippen LogP contribution in [0.1, 0.15) is 22.8 Å². The van der Waals surface area contributed by atoms with E-state index in [1.54, 1.807) is 37.3 Å². The average Bonchev–Trinajstić information content (AvgIpc) is 2.51. The van der Waals surface area contributed by atoms with Gasteiger partial charge >= 0.3 is 0 Å². The Bertz CT molecular complexity index is 732. The van der Waals surface area contributed by atoms with Crippen LogP contribution in [0.5, 0.6) is 0 Å². The van der Waals surface area contributed by atoms with Crippen LogP contribution in [0, 0.1) is 12.7 Å². The largest absolute Gasteiger partial charge is 0.341 e. The van der Waals surface area contributed by atoms with Gasteiger partial charge < -0.3 is 10.6 Å². The third-order valence-electron chi connectivity index (χ3n) is 3.23. The molecule has 6 heteroatoms. The van der Waals surface area contributed by atoms with Crippen molar-refractivity contribution in [2.75, 3.05) is 5.32 Å². The minimum absolute atomic E-state index is 0.0857. The molecule has 0 saturated carbocycles. The minimum Gasteiger partial charge on any atom is -0.341 e. The van der Waals surface area contributed by atoms with Crippen molar-refractivity contribution in [1.82, 2.24) is 5.32 Å². The molecule has 0 aliphatic rings. The molecule has 1 unspecified atom stereocenters. The van der Waals surface area contributed by atoms with Crippen molar-refractivity contribution in [3.8, 4) is 0 Å². The van der Waals surface area contributed by atoms with Crippen LogP contribution in [-0.2, 0) is 4.79 Å². The lowest BCUT2D eigenvalue weighted by molar-refractivity contribution is -0.117. The summed E-state index contributed by atoms with van der Waals surface area (Å²) >= 11 is 5.76. The second-order valence-electron chi connectivity index (χ2n) is 5.17. The normalized spacial score (nSPS) is 11.7. The Morgan fingerprint density at radius 2 is 1.78 bits per heavy atom. The van der Waals surface area contributed by atoms with Crippen LogP contribution in [0.3, 0.4) is 0 Å². The molecular weight excluding hydrogens is 319 g/mol. The Hall–Kier alpha value is -2.40. The van der Waals surface area contributed by atoms with Gasteiger partial charge in [0.1, 0.15) is 11.9 Å². The van der Waals surface area contributed by atoms with E-state index in [1.807, 2.05) is 0 Å². The minimum atomic E-state index is -0.821. The fourth-order valence-electron chi connectivity index (χ4n) is 1.92. The van der Waals surface area contributed by atoms with Gasteiger partial charge in [-0.25, -0.2) is 4.39 Å². The molecule has 120 valence electrons. The molecule has 2 aromatic rings. The number of hydrogen-bond acceptors (Lipinski definition) is 2. The molecule has 0 radical (unpaired) electrons. The molecule has 0 heterocycles. The number of benzene rings is 2. The maximum absolute atomic E-state index is 13.6. The third kappa shape index (κ3) is 4.53. The van der Waals surface area contributed by atoms with Gasteiger partial charge in [-0.15, -0.1) is 0 Å². The Labute approximate surface area is 138 Å². The lowest BCUT2D eigenvalue weighted by Crippen LogP contribution is -2.41. The first-order chi connectivity index (χ1) is 10.9. The molecule has 0 aromatic heterocycles. The molecule has 0 aliphatic carbocycles. The Morgan fingerprint density at radius 1 is 1.13 bits per heavy atom. The van der Waals surface area contributed by atoms with Gasteiger partial charge in [-0.05, 0) is 55.8 Å². The third-order valence-corrected chi connectivity index (χ3v) is 3.48. The van der Waals surface area contributed by atoms with E-state index < -0.39 is 23.7 Å². The first-order valence-electron chi connectivity index (χ1n) is 7.00. The SMILES string of the molecule is Cc1ccc(F)c(NC(=O)C(C)NC(=O)c2ccc(Cl)cc2)c1. The topological polar surface area (TPSA) is 58.2 Å². The second kappa shape index (κ2) is 7.24. The molecule has 2 amide bonds. The molecule has 0 fully saturated rings. The monoisotopic (exact) mass is 334 g/mol. The van der Waals surface area contributed by atoms with Crippen LogP contribution in [0.15, 0.2) is 42.5 Å². The fraction of sp³-hybridized carbons (Fsp3) is 0.176. The molecule has 0 aliphatic heterocycles. The van der Waals surface area contributed by atoms with E-state index >= 15 is 0 Å². The Kier molecular flexibility index (Phi) is 5.34. The van der Waals surface area contributed by atoms with Gasteiger partial charge in [-0.2, -0.15) is 0 Å². The summed E-state index contributed by atoms with van der Waals surface area (Å²) < 4.78 is 13.6. The highest BCUT2D eigenvalue weighted by Gasteiger charge is 2.18. The number of halogens is 2. The highest BCUT2D eigenvalue weighted by atomic mass is 35.5. The molecule has 2 rings (SSSR count). The van der Waals surface area contributed by atoms with Crippen molar-refractivity contribution in [2.24, 2.45) is 0 Å². The van der Waals surface area contributed by atoms with Crippen molar-refractivity contribution >= 4 is 29.1 Å². The van der Waals surface area contributed by atoms with Crippen molar-refractivity contribution in [3.05, 3.63) is 64.4 Å². The maximum Gasteiger partial charge on any atom is 0.251 e. The molecule has 4 nitrogen and oxygen atoms in total. The van der Waals surface area contributed by atoms with E-state index in [1.165, 1.54) is 19.1 Å². The van der Waals surface area contributed by atoms with E-state index in [4.69, 9.17) is 11.6 Å². The first-order valence-corrected chi connectivity index (χ1v) is 7.38. The number of rotatable bonds is 4. The van der Waals surface area contributed by atoms with Crippen molar-refractivity contribution in [1.29, 1.82) is 0 Å². The molecule has 23 heavy (non-hydrogen) atoms. The lowest BCUT2D eigenvalue weighted by Gasteiger charge is -2.15. The number of anilines is 1.